The van der Waals surface area contributed by atoms with E-state index < -0.39 is 17.4 Å². The Morgan fingerprint density at radius 3 is 2.00 bits per heavy atom. The number of carbonyl (C=O) groups is 1. The lowest BCUT2D eigenvalue weighted by Gasteiger charge is -2.41. The Labute approximate surface area is 69.7 Å². The highest BCUT2D eigenvalue weighted by Gasteiger charge is 2.61. The molecule has 12 heavy (non-hydrogen) atoms. The molecule has 1 fully saturated rings. The Morgan fingerprint density at radius 1 is 1.42 bits per heavy atom. The Morgan fingerprint density at radius 2 is 1.92 bits per heavy atom. The van der Waals surface area contributed by atoms with Gasteiger partial charge in [0.15, 0.2) is 0 Å². The van der Waals surface area contributed by atoms with Crippen LogP contribution in [0.25, 0.3) is 0 Å². The molecule has 0 atom stereocenters. The molecule has 68 valence electrons. The summed E-state index contributed by atoms with van der Waals surface area (Å²) in [6.45, 7) is 0. The van der Waals surface area contributed by atoms with Crippen molar-refractivity contribution in [3.8, 4) is 0 Å². The second-order valence-corrected chi connectivity index (χ2v) is 3.21. The summed E-state index contributed by atoms with van der Waals surface area (Å²) in [5.41, 5.74) is -1.97. The average molecular weight is 178 g/mol. The Bertz CT molecular complexity index is 195. The number of rotatable bonds is 2. The summed E-state index contributed by atoms with van der Waals surface area (Å²) in [5, 5.41) is 0. The molecule has 1 saturated carbocycles. The number of halogens is 3. The van der Waals surface area contributed by atoms with E-state index in [4.69, 9.17) is 0 Å². The summed E-state index contributed by atoms with van der Waals surface area (Å²) in [4.78, 5) is 11.0. The van der Waals surface area contributed by atoms with Crippen molar-refractivity contribution >= 4 is 13.6 Å². The molecule has 5 heteroatoms. The molecule has 0 saturated heterocycles. The Balaban J connectivity index is 2.83. The minimum atomic E-state index is -4.33. The Kier molecular flexibility index (Phi) is 2.23. The van der Waals surface area contributed by atoms with Gasteiger partial charge in [-0.2, -0.15) is 13.2 Å². The van der Waals surface area contributed by atoms with E-state index in [1.807, 2.05) is 0 Å². The molecule has 0 heterocycles. The van der Waals surface area contributed by atoms with Crippen LogP contribution in [-0.4, -0.2) is 19.8 Å². The maximum atomic E-state index is 12.4. The molecule has 1 nitrogen and oxygen atoms in total. The van der Waals surface area contributed by atoms with Gasteiger partial charge in [0.1, 0.15) is 19.0 Å². The fraction of sp³-hybridized carbons (Fsp3) is 0.857. The zero-order chi connectivity index (χ0) is 9.41. The van der Waals surface area contributed by atoms with Gasteiger partial charge in [0.2, 0.25) is 0 Å². The number of alkyl halides is 3. The van der Waals surface area contributed by atoms with Crippen molar-refractivity contribution in [2.45, 2.75) is 31.8 Å². The van der Waals surface area contributed by atoms with Crippen molar-refractivity contribution in [3.63, 3.8) is 0 Å². The third kappa shape index (κ3) is 1.15. The van der Waals surface area contributed by atoms with E-state index in [-0.39, 0.29) is 19.2 Å². The van der Waals surface area contributed by atoms with Gasteiger partial charge in [-0.3, -0.25) is 4.79 Å². The van der Waals surface area contributed by atoms with Crippen molar-refractivity contribution in [2.75, 3.05) is 0 Å². The standard InChI is InChI=1S/C7H10BF3O/c8-4-5(12)6(2-1-3-6)7(9,10)11/h1-4,8H2. The molecule has 0 radical (unpaired) electrons. The first-order chi connectivity index (χ1) is 5.44. The molecular formula is C7H10BF3O. The van der Waals surface area contributed by atoms with E-state index in [1.165, 1.54) is 7.85 Å². The smallest absolute Gasteiger partial charge is 0.300 e. The van der Waals surface area contributed by atoms with Crippen LogP contribution in [0.3, 0.4) is 0 Å². The predicted molar refractivity (Wildman–Crippen MR) is 40.7 cm³/mol. The number of hydrogen-bond acceptors (Lipinski definition) is 1. The van der Waals surface area contributed by atoms with E-state index >= 15 is 0 Å². The molecule has 0 unspecified atom stereocenters. The van der Waals surface area contributed by atoms with Crippen LogP contribution < -0.4 is 0 Å². The molecule has 0 aromatic carbocycles. The fourth-order valence-corrected chi connectivity index (χ4v) is 1.59. The van der Waals surface area contributed by atoms with Gasteiger partial charge >= 0.3 is 6.18 Å². The normalized spacial score (nSPS) is 21.6. The number of carbonyl (C=O) groups excluding carboxylic acids is 1. The number of hydrogen-bond donors (Lipinski definition) is 0. The molecule has 0 aromatic rings. The third-order valence-electron chi connectivity index (χ3n) is 2.60. The molecule has 1 aliphatic carbocycles. The summed E-state index contributed by atoms with van der Waals surface area (Å²) >= 11 is 0. The molecule has 0 N–H and O–H groups in total. The topological polar surface area (TPSA) is 17.1 Å². The minimum absolute atomic E-state index is 0.0107. The van der Waals surface area contributed by atoms with Gasteiger partial charge in [-0.05, 0) is 19.2 Å². The van der Waals surface area contributed by atoms with E-state index in [1.54, 1.807) is 0 Å². The summed E-state index contributed by atoms with van der Waals surface area (Å²) in [5.74, 6) is -0.652. The third-order valence-corrected chi connectivity index (χ3v) is 2.60. The average Bonchev–Trinajstić information content (AvgIpc) is 1.81. The highest BCUT2D eigenvalue weighted by molar-refractivity contribution is 6.21. The van der Waals surface area contributed by atoms with E-state index in [2.05, 4.69) is 0 Å². The predicted octanol–water partition coefficient (Wildman–Crippen LogP) is 1.34. The fourth-order valence-electron chi connectivity index (χ4n) is 1.59. The molecule has 0 aliphatic heterocycles. The van der Waals surface area contributed by atoms with Gasteiger partial charge in [0.05, 0.1) is 0 Å². The largest absolute Gasteiger partial charge is 0.401 e. The van der Waals surface area contributed by atoms with Crippen molar-refractivity contribution in [1.29, 1.82) is 0 Å². The van der Waals surface area contributed by atoms with Gasteiger partial charge in [-0.25, -0.2) is 0 Å². The lowest BCUT2D eigenvalue weighted by molar-refractivity contribution is -0.240. The SMILES string of the molecule is BCC(=O)C1(C(F)(F)F)CCC1. The van der Waals surface area contributed by atoms with Crippen molar-refractivity contribution in [2.24, 2.45) is 5.41 Å². The van der Waals surface area contributed by atoms with Crippen LogP contribution in [0.4, 0.5) is 13.2 Å². The van der Waals surface area contributed by atoms with Crippen LogP contribution in [0, 0.1) is 5.41 Å². The molecule has 0 amide bonds. The highest BCUT2D eigenvalue weighted by atomic mass is 19.4. The summed E-state index contributed by atoms with van der Waals surface area (Å²) in [6.07, 6.45) is -3.85. The number of Topliss-reactive ketones (excluding diaryl/α,β-unsaturated/α-hetero) is 1. The van der Waals surface area contributed by atoms with Gasteiger partial charge in [0, 0.05) is 0 Å². The second kappa shape index (κ2) is 2.78. The molecular weight excluding hydrogens is 168 g/mol. The molecule has 0 bridgehead atoms. The first-order valence-electron chi connectivity index (χ1n) is 4.04. The van der Waals surface area contributed by atoms with Crippen molar-refractivity contribution in [1.82, 2.24) is 0 Å². The maximum Gasteiger partial charge on any atom is 0.401 e. The lowest BCUT2D eigenvalue weighted by atomic mass is 9.63. The van der Waals surface area contributed by atoms with Crippen LogP contribution in [0.5, 0.6) is 0 Å². The molecule has 0 spiro atoms. The zero-order valence-electron chi connectivity index (χ0n) is 6.87. The summed E-state index contributed by atoms with van der Waals surface area (Å²) in [6, 6.07) is 0. The first-order valence-corrected chi connectivity index (χ1v) is 4.04. The quantitative estimate of drug-likeness (QED) is 0.583. The van der Waals surface area contributed by atoms with Crippen molar-refractivity contribution in [3.05, 3.63) is 0 Å². The van der Waals surface area contributed by atoms with Crippen LogP contribution >= 0.6 is 0 Å². The first kappa shape index (κ1) is 9.61. The highest BCUT2D eigenvalue weighted by Crippen LogP contribution is 2.53. The monoisotopic (exact) mass is 178 g/mol. The second-order valence-electron chi connectivity index (χ2n) is 3.21. The van der Waals surface area contributed by atoms with Crippen LogP contribution in [-0.2, 0) is 4.79 Å². The lowest BCUT2D eigenvalue weighted by Crippen LogP contribution is -2.49. The molecule has 1 aliphatic rings. The van der Waals surface area contributed by atoms with Gasteiger partial charge in [0.25, 0.3) is 0 Å². The zero-order valence-corrected chi connectivity index (χ0v) is 6.87. The van der Waals surface area contributed by atoms with Crippen LogP contribution in [0.1, 0.15) is 19.3 Å². The summed E-state index contributed by atoms with van der Waals surface area (Å²) in [7, 11) is 1.48. The van der Waals surface area contributed by atoms with Crippen molar-refractivity contribution < 1.29 is 18.0 Å². The maximum absolute atomic E-state index is 12.4. The van der Waals surface area contributed by atoms with Gasteiger partial charge < -0.3 is 0 Å². The van der Waals surface area contributed by atoms with E-state index in [0.29, 0.717) is 6.42 Å². The van der Waals surface area contributed by atoms with E-state index in [0.717, 1.165) is 0 Å². The Hall–Kier alpha value is -0.475. The van der Waals surface area contributed by atoms with E-state index in [9.17, 15) is 18.0 Å². The van der Waals surface area contributed by atoms with Crippen LogP contribution in [0.2, 0.25) is 6.32 Å². The molecule has 0 aromatic heterocycles. The molecule has 1 rings (SSSR count). The van der Waals surface area contributed by atoms with Gasteiger partial charge in [-0.1, -0.05) is 6.42 Å². The summed E-state index contributed by atoms with van der Waals surface area (Å²) < 4.78 is 37.1. The van der Waals surface area contributed by atoms with Crippen LogP contribution in [0.15, 0.2) is 0 Å². The van der Waals surface area contributed by atoms with Gasteiger partial charge in [-0.15, -0.1) is 0 Å². The minimum Gasteiger partial charge on any atom is -0.300 e. The number of ketones is 1.